The average Bonchev–Trinajstić information content (AvgIpc) is 2.86. The average molecular weight is 517 g/mol. The maximum Gasteiger partial charge on any atom is 0.416 e. The first-order valence-electron chi connectivity index (χ1n) is 11.6. The fourth-order valence-electron chi connectivity index (χ4n) is 5.52. The molecule has 10 nitrogen and oxygen atoms in total. The zero-order valence-electron chi connectivity index (χ0n) is 19.6. The van der Waals surface area contributed by atoms with Gasteiger partial charge in [-0.15, -0.1) is 0 Å². The summed E-state index contributed by atoms with van der Waals surface area (Å²) in [6, 6.07) is 6.07. The van der Waals surface area contributed by atoms with Gasteiger partial charge in [-0.25, -0.2) is 9.69 Å². The van der Waals surface area contributed by atoms with E-state index in [4.69, 9.17) is 0 Å². The number of imide groups is 2. The molecule has 0 aromatic heterocycles. The van der Waals surface area contributed by atoms with Crippen LogP contribution in [0, 0.1) is 15.5 Å². The maximum absolute atomic E-state index is 14.1. The number of amides is 4. The summed E-state index contributed by atoms with van der Waals surface area (Å²) in [7, 11) is 0. The summed E-state index contributed by atoms with van der Waals surface area (Å²) < 4.78 is 40.2. The quantitative estimate of drug-likeness (QED) is 0.378. The van der Waals surface area contributed by atoms with Crippen LogP contribution in [0.1, 0.15) is 18.1 Å². The first kappa shape index (κ1) is 24.7. The number of alkyl halides is 3. The number of nitrogens with zero attached hydrogens (tertiary/aromatic N) is 4. The number of nitrogens with one attached hydrogen (secondary N) is 1. The smallest absolute Gasteiger partial charge is 0.364 e. The molecule has 3 heterocycles. The van der Waals surface area contributed by atoms with Gasteiger partial charge in [0.1, 0.15) is 0 Å². The van der Waals surface area contributed by atoms with Crippen molar-refractivity contribution in [1.82, 2.24) is 10.2 Å². The summed E-state index contributed by atoms with van der Waals surface area (Å²) in [6.45, 7) is 3.83. The lowest BCUT2D eigenvalue weighted by molar-refractivity contribution is -0.384. The molecular weight excluding hydrogens is 495 g/mol. The number of nitro benzene ring substituents is 1. The van der Waals surface area contributed by atoms with Crippen molar-refractivity contribution >= 4 is 34.9 Å². The van der Waals surface area contributed by atoms with Gasteiger partial charge in [0.05, 0.1) is 22.2 Å². The van der Waals surface area contributed by atoms with Crippen LogP contribution in [0.15, 0.2) is 42.5 Å². The summed E-state index contributed by atoms with van der Waals surface area (Å²) in [5, 5.41) is 13.6. The van der Waals surface area contributed by atoms with Crippen LogP contribution in [0.4, 0.5) is 35.0 Å². The molecule has 37 heavy (non-hydrogen) atoms. The summed E-state index contributed by atoms with van der Waals surface area (Å²) in [5.41, 5.74) is -2.51. The van der Waals surface area contributed by atoms with Crippen LogP contribution in [-0.4, -0.2) is 59.9 Å². The summed E-state index contributed by atoms with van der Waals surface area (Å²) >= 11 is 0. The summed E-state index contributed by atoms with van der Waals surface area (Å²) in [6.07, 6.45) is -4.97. The second-order valence-corrected chi connectivity index (χ2v) is 9.27. The number of halogens is 3. The number of nitro groups is 1. The molecule has 194 valence electrons. The van der Waals surface area contributed by atoms with E-state index >= 15 is 0 Å². The maximum atomic E-state index is 14.1. The Labute approximate surface area is 208 Å². The zero-order chi connectivity index (χ0) is 26.7. The second kappa shape index (κ2) is 8.54. The van der Waals surface area contributed by atoms with Crippen LogP contribution in [0.25, 0.3) is 0 Å². The molecule has 4 amide bonds. The molecule has 0 aliphatic carbocycles. The normalized spacial score (nSPS) is 24.1. The molecule has 2 aromatic rings. The largest absolute Gasteiger partial charge is 0.416 e. The Morgan fingerprint density at radius 3 is 2.57 bits per heavy atom. The van der Waals surface area contributed by atoms with Gasteiger partial charge >= 0.3 is 12.2 Å². The minimum absolute atomic E-state index is 0.228. The molecule has 3 aliphatic rings. The number of likely N-dealkylation sites (N-methyl/N-ethyl adjacent to an activating group) is 1. The minimum Gasteiger partial charge on any atom is -0.364 e. The number of rotatable bonds is 3. The molecule has 5 rings (SSSR count). The van der Waals surface area contributed by atoms with Crippen molar-refractivity contribution in [2.75, 3.05) is 36.0 Å². The molecule has 2 atom stereocenters. The highest BCUT2D eigenvalue weighted by Gasteiger charge is 2.63. The van der Waals surface area contributed by atoms with Crippen LogP contribution in [0.2, 0.25) is 0 Å². The fraction of sp³-hybridized carbons (Fsp3) is 0.375. The van der Waals surface area contributed by atoms with Gasteiger partial charge in [-0.2, -0.15) is 13.2 Å². The monoisotopic (exact) mass is 517 g/mol. The highest BCUT2D eigenvalue weighted by atomic mass is 19.4. The predicted molar refractivity (Wildman–Crippen MR) is 125 cm³/mol. The standard InChI is InChI=1S/C24H22F3N5O5/c1-2-29-8-9-30-18-7-6-17(32(36)37)10-14(18)12-23(19(30)13-29)20(33)28-22(35)31(21(23)34)16-5-3-4-15(11-16)24(25,26)27/h3-7,10-11,19H,2,8-9,12-13H2,1H3,(H,28,33,35)/t19-,23-/m0/s1. The first-order chi connectivity index (χ1) is 17.5. The van der Waals surface area contributed by atoms with Crippen LogP contribution in [-0.2, 0) is 22.2 Å². The van der Waals surface area contributed by atoms with Crippen molar-refractivity contribution < 1.29 is 32.5 Å². The predicted octanol–water partition coefficient (Wildman–Crippen LogP) is 2.95. The number of piperazine rings is 1. The van der Waals surface area contributed by atoms with E-state index in [0.717, 1.165) is 12.1 Å². The van der Waals surface area contributed by atoms with Crippen LogP contribution >= 0.6 is 0 Å². The molecule has 1 spiro atoms. The van der Waals surface area contributed by atoms with Gasteiger partial charge in [0, 0.05) is 43.9 Å². The van der Waals surface area contributed by atoms with Crippen molar-refractivity contribution in [2.24, 2.45) is 5.41 Å². The topological polar surface area (TPSA) is 116 Å². The lowest BCUT2D eigenvalue weighted by Crippen LogP contribution is -2.75. The van der Waals surface area contributed by atoms with Gasteiger partial charge in [-0.1, -0.05) is 13.0 Å². The fourth-order valence-corrected chi connectivity index (χ4v) is 5.52. The Kier molecular flexibility index (Phi) is 5.70. The van der Waals surface area contributed by atoms with Gasteiger partial charge in [0.15, 0.2) is 5.41 Å². The molecule has 13 heteroatoms. The molecule has 1 N–H and O–H groups in total. The molecule has 0 bridgehead atoms. The van der Waals surface area contributed by atoms with Crippen LogP contribution < -0.4 is 15.1 Å². The van der Waals surface area contributed by atoms with Crippen molar-refractivity contribution in [3.05, 3.63) is 63.7 Å². The SMILES string of the molecule is CCN1CCN2c3ccc([N+](=O)[O-])cc3C[C@@]3(C(=O)NC(=O)N(c4cccc(C(F)(F)F)c4)C3=O)[C@@H]2C1. The summed E-state index contributed by atoms with van der Waals surface area (Å²) in [5.74, 6) is -1.85. The van der Waals surface area contributed by atoms with Crippen LogP contribution in [0.3, 0.4) is 0 Å². The van der Waals surface area contributed by atoms with Gasteiger partial charge in [0.25, 0.3) is 11.6 Å². The number of carbonyl (C=O) groups excluding carboxylic acids is 3. The van der Waals surface area contributed by atoms with Gasteiger partial charge in [-0.3, -0.25) is 29.9 Å². The highest BCUT2D eigenvalue weighted by molar-refractivity contribution is 6.30. The van der Waals surface area contributed by atoms with E-state index in [9.17, 15) is 37.7 Å². The molecule has 3 aliphatic heterocycles. The number of barbiturate groups is 1. The Balaban J connectivity index is 1.67. The number of anilines is 2. The zero-order valence-corrected chi connectivity index (χ0v) is 19.6. The van der Waals surface area contributed by atoms with E-state index in [0.29, 0.717) is 41.9 Å². The third kappa shape index (κ3) is 3.80. The van der Waals surface area contributed by atoms with Gasteiger partial charge < -0.3 is 4.90 Å². The third-order valence-corrected chi connectivity index (χ3v) is 7.38. The molecule has 2 saturated heterocycles. The number of fused-ring (bicyclic) bond motifs is 4. The van der Waals surface area contributed by atoms with E-state index in [2.05, 4.69) is 5.32 Å². The third-order valence-electron chi connectivity index (χ3n) is 7.38. The number of hydrogen-bond acceptors (Lipinski definition) is 7. The number of benzene rings is 2. The van der Waals surface area contributed by atoms with Gasteiger partial charge in [0.2, 0.25) is 5.91 Å². The Morgan fingerprint density at radius 2 is 1.89 bits per heavy atom. The molecule has 0 unspecified atom stereocenters. The van der Waals surface area contributed by atoms with E-state index in [-0.39, 0.29) is 24.3 Å². The first-order valence-corrected chi connectivity index (χ1v) is 11.6. The molecule has 0 saturated carbocycles. The van der Waals surface area contributed by atoms with Crippen LogP contribution in [0.5, 0.6) is 0 Å². The Hall–Kier alpha value is -4.00. The molecule has 2 fully saturated rings. The second-order valence-electron chi connectivity index (χ2n) is 9.27. The van der Waals surface area contributed by atoms with E-state index in [1.54, 1.807) is 6.07 Å². The molecule has 0 radical (unpaired) electrons. The highest BCUT2D eigenvalue weighted by Crippen LogP contribution is 2.47. The van der Waals surface area contributed by atoms with E-state index in [1.807, 2.05) is 16.7 Å². The van der Waals surface area contributed by atoms with E-state index < -0.39 is 46.0 Å². The Bertz CT molecular complexity index is 1330. The Morgan fingerprint density at radius 1 is 1.14 bits per heavy atom. The summed E-state index contributed by atoms with van der Waals surface area (Å²) in [4.78, 5) is 55.8. The van der Waals surface area contributed by atoms with Crippen molar-refractivity contribution in [2.45, 2.75) is 25.6 Å². The van der Waals surface area contributed by atoms with Crippen molar-refractivity contribution in [3.63, 3.8) is 0 Å². The van der Waals surface area contributed by atoms with Crippen molar-refractivity contribution in [3.8, 4) is 0 Å². The van der Waals surface area contributed by atoms with E-state index in [1.165, 1.54) is 18.2 Å². The molecule has 2 aromatic carbocycles. The van der Waals surface area contributed by atoms with Gasteiger partial charge in [-0.05, 0) is 36.4 Å². The lowest BCUT2D eigenvalue weighted by atomic mass is 9.67. The minimum atomic E-state index is -4.72. The number of carbonyl (C=O) groups is 3. The van der Waals surface area contributed by atoms with Crippen molar-refractivity contribution in [1.29, 1.82) is 0 Å². The molecular formula is C24H22F3N5O5. The number of urea groups is 1. The number of non-ortho nitro benzene ring substituents is 1. The number of hydrogen-bond donors (Lipinski definition) is 1. The lowest BCUT2D eigenvalue weighted by Gasteiger charge is -2.55.